The molecule has 8 heteroatoms. The first-order valence-electron chi connectivity index (χ1n) is 6.65. The Bertz CT molecular complexity index is 831. The number of aryl methyl sites for hydroxylation is 1. The van der Waals surface area contributed by atoms with Crippen LogP contribution in [0.2, 0.25) is 0 Å². The van der Waals surface area contributed by atoms with Gasteiger partial charge < -0.3 is 5.73 Å². The topological polar surface area (TPSA) is 96.6 Å². The van der Waals surface area contributed by atoms with E-state index in [-0.39, 0.29) is 10.0 Å². The van der Waals surface area contributed by atoms with Crippen LogP contribution in [0.5, 0.6) is 0 Å². The molecule has 2 rings (SSSR count). The molecule has 0 aliphatic carbocycles. The summed E-state index contributed by atoms with van der Waals surface area (Å²) in [6.07, 6.45) is 1.44. The fraction of sp³-hybridized carbons (Fsp3) is 0.0667. The number of hydrazone groups is 1. The predicted molar refractivity (Wildman–Crippen MR) is 95.9 cm³/mol. The van der Waals surface area contributed by atoms with Crippen molar-refractivity contribution in [1.29, 1.82) is 0 Å². The first-order chi connectivity index (χ1) is 10.9. The van der Waals surface area contributed by atoms with E-state index in [1.54, 1.807) is 48.5 Å². The lowest BCUT2D eigenvalue weighted by Crippen LogP contribution is -2.24. The summed E-state index contributed by atoms with van der Waals surface area (Å²) in [6, 6.07) is 13.5. The summed E-state index contributed by atoms with van der Waals surface area (Å²) < 4.78 is 27.4. The summed E-state index contributed by atoms with van der Waals surface area (Å²) >= 11 is 4.65. The fourth-order valence-electron chi connectivity index (χ4n) is 1.79. The van der Waals surface area contributed by atoms with Crippen LogP contribution in [-0.2, 0) is 10.0 Å². The summed E-state index contributed by atoms with van der Waals surface area (Å²) in [4.78, 5) is 0.191. The molecule has 0 saturated heterocycles. The SMILES string of the molecule is Cc1ccc(S(=O)(=O)Nc2ccccc2/C=N/NC(N)=S)cc1. The highest BCUT2D eigenvalue weighted by molar-refractivity contribution is 7.92. The Morgan fingerprint density at radius 3 is 2.48 bits per heavy atom. The summed E-state index contributed by atoms with van der Waals surface area (Å²) in [7, 11) is -3.68. The average Bonchev–Trinajstić information content (AvgIpc) is 2.49. The van der Waals surface area contributed by atoms with E-state index >= 15 is 0 Å². The fourth-order valence-corrected chi connectivity index (χ4v) is 2.93. The van der Waals surface area contributed by atoms with Gasteiger partial charge in [-0.1, -0.05) is 35.9 Å². The third kappa shape index (κ3) is 4.76. The molecular formula is C15H16N4O2S2. The van der Waals surface area contributed by atoms with Gasteiger partial charge in [-0.2, -0.15) is 5.10 Å². The molecule has 0 fully saturated rings. The molecule has 120 valence electrons. The van der Waals surface area contributed by atoms with E-state index in [0.717, 1.165) is 5.56 Å². The average molecular weight is 348 g/mol. The molecule has 0 amide bonds. The van der Waals surface area contributed by atoms with Crippen LogP contribution >= 0.6 is 12.2 Å². The van der Waals surface area contributed by atoms with Crippen LogP contribution in [-0.4, -0.2) is 19.7 Å². The zero-order valence-electron chi connectivity index (χ0n) is 12.4. The number of sulfonamides is 1. The number of rotatable bonds is 5. The highest BCUT2D eigenvalue weighted by atomic mass is 32.2. The molecule has 0 aliphatic rings. The lowest BCUT2D eigenvalue weighted by Gasteiger charge is -2.10. The monoisotopic (exact) mass is 348 g/mol. The third-order valence-corrected chi connectivity index (χ3v) is 4.39. The van der Waals surface area contributed by atoms with Gasteiger partial charge in [0.05, 0.1) is 16.8 Å². The Morgan fingerprint density at radius 2 is 1.83 bits per heavy atom. The van der Waals surface area contributed by atoms with Crippen LogP contribution in [0.4, 0.5) is 5.69 Å². The maximum atomic E-state index is 12.4. The van der Waals surface area contributed by atoms with Gasteiger partial charge in [0.2, 0.25) is 0 Å². The van der Waals surface area contributed by atoms with Crippen molar-refractivity contribution in [3.63, 3.8) is 0 Å². The summed E-state index contributed by atoms with van der Waals surface area (Å²) in [5, 5.41) is 3.87. The van der Waals surface area contributed by atoms with E-state index in [1.165, 1.54) is 6.21 Å². The molecule has 0 aromatic heterocycles. The van der Waals surface area contributed by atoms with Crippen molar-refractivity contribution in [2.45, 2.75) is 11.8 Å². The van der Waals surface area contributed by atoms with E-state index in [0.29, 0.717) is 11.3 Å². The first kappa shape index (κ1) is 16.9. The Labute approximate surface area is 140 Å². The van der Waals surface area contributed by atoms with Crippen molar-refractivity contribution in [3.8, 4) is 0 Å². The van der Waals surface area contributed by atoms with Crippen molar-refractivity contribution < 1.29 is 8.42 Å². The number of hydrogen-bond donors (Lipinski definition) is 3. The first-order valence-corrected chi connectivity index (χ1v) is 8.54. The van der Waals surface area contributed by atoms with Crippen LogP contribution < -0.4 is 15.9 Å². The molecule has 0 spiro atoms. The van der Waals surface area contributed by atoms with Gasteiger partial charge in [-0.15, -0.1) is 0 Å². The van der Waals surface area contributed by atoms with Gasteiger partial charge in [-0.05, 0) is 37.3 Å². The summed E-state index contributed by atoms with van der Waals surface area (Å²) in [6.45, 7) is 1.89. The molecule has 0 atom stereocenters. The highest BCUT2D eigenvalue weighted by Crippen LogP contribution is 2.19. The van der Waals surface area contributed by atoms with Gasteiger partial charge in [0.1, 0.15) is 0 Å². The zero-order valence-corrected chi connectivity index (χ0v) is 14.0. The highest BCUT2D eigenvalue weighted by Gasteiger charge is 2.15. The molecule has 0 bridgehead atoms. The molecule has 0 saturated carbocycles. The van der Waals surface area contributed by atoms with Crippen molar-refractivity contribution in [1.82, 2.24) is 5.43 Å². The lowest BCUT2D eigenvalue weighted by molar-refractivity contribution is 0.601. The number of anilines is 1. The van der Waals surface area contributed by atoms with E-state index in [4.69, 9.17) is 5.73 Å². The van der Waals surface area contributed by atoms with E-state index in [9.17, 15) is 8.42 Å². The molecule has 2 aromatic rings. The number of para-hydroxylation sites is 1. The largest absolute Gasteiger partial charge is 0.375 e. The predicted octanol–water partition coefficient (Wildman–Crippen LogP) is 1.96. The van der Waals surface area contributed by atoms with Gasteiger partial charge in [0, 0.05) is 5.56 Å². The molecule has 0 radical (unpaired) electrons. The number of thiocarbonyl (C=S) groups is 1. The van der Waals surface area contributed by atoms with Crippen LogP contribution in [0, 0.1) is 6.92 Å². The molecule has 2 aromatic carbocycles. The normalized spacial score (nSPS) is 11.3. The minimum Gasteiger partial charge on any atom is -0.375 e. The second-order valence-electron chi connectivity index (χ2n) is 4.74. The molecule has 4 N–H and O–H groups in total. The van der Waals surface area contributed by atoms with Crippen molar-refractivity contribution in [2.75, 3.05) is 4.72 Å². The van der Waals surface area contributed by atoms with Gasteiger partial charge in [-0.25, -0.2) is 8.42 Å². The lowest BCUT2D eigenvalue weighted by atomic mass is 10.2. The molecular weight excluding hydrogens is 332 g/mol. The molecule has 23 heavy (non-hydrogen) atoms. The Morgan fingerprint density at radius 1 is 1.17 bits per heavy atom. The van der Waals surface area contributed by atoms with Crippen LogP contribution in [0.3, 0.4) is 0 Å². The van der Waals surface area contributed by atoms with E-state index in [2.05, 4.69) is 27.5 Å². The van der Waals surface area contributed by atoms with Gasteiger partial charge in [-0.3, -0.25) is 10.1 Å². The van der Waals surface area contributed by atoms with Crippen LogP contribution in [0.15, 0.2) is 58.5 Å². The quantitative estimate of drug-likeness (QED) is 0.436. The molecule has 0 unspecified atom stereocenters. The second kappa shape index (κ2) is 7.21. The van der Waals surface area contributed by atoms with Crippen LogP contribution in [0.25, 0.3) is 0 Å². The Balaban J connectivity index is 2.27. The van der Waals surface area contributed by atoms with Gasteiger partial charge in [0.15, 0.2) is 5.11 Å². The van der Waals surface area contributed by atoms with Gasteiger partial charge in [0.25, 0.3) is 10.0 Å². The summed E-state index contributed by atoms with van der Waals surface area (Å²) in [5.41, 5.74) is 9.67. The maximum absolute atomic E-state index is 12.4. The number of benzene rings is 2. The van der Waals surface area contributed by atoms with Crippen molar-refractivity contribution >= 4 is 39.3 Å². The molecule has 0 aliphatic heterocycles. The Hall–Kier alpha value is -2.45. The minimum absolute atomic E-state index is 0.0268. The maximum Gasteiger partial charge on any atom is 0.261 e. The minimum atomic E-state index is -3.68. The second-order valence-corrected chi connectivity index (χ2v) is 6.86. The van der Waals surface area contributed by atoms with Crippen molar-refractivity contribution in [3.05, 3.63) is 59.7 Å². The standard InChI is InChI=1S/C15H16N4O2S2/c1-11-6-8-13(9-7-11)23(20,21)19-14-5-3-2-4-12(14)10-17-18-15(16)22/h2-10,19H,1H3,(H3,16,18,22)/b17-10+. The number of nitrogens with two attached hydrogens (primary N) is 1. The van der Waals surface area contributed by atoms with Crippen molar-refractivity contribution in [2.24, 2.45) is 10.8 Å². The summed E-state index contributed by atoms with van der Waals surface area (Å²) in [5.74, 6) is 0. The zero-order chi connectivity index (χ0) is 16.9. The number of nitrogens with zero attached hydrogens (tertiary/aromatic N) is 1. The van der Waals surface area contributed by atoms with E-state index < -0.39 is 10.0 Å². The smallest absolute Gasteiger partial charge is 0.261 e. The van der Waals surface area contributed by atoms with Crippen LogP contribution in [0.1, 0.15) is 11.1 Å². The number of hydrogen-bond acceptors (Lipinski definition) is 4. The Kier molecular flexibility index (Phi) is 5.30. The van der Waals surface area contributed by atoms with E-state index in [1.807, 2.05) is 6.92 Å². The molecule has 0 heterocycles. The number of nitrogens with one attached hydrogen (secondary N) is 2. The molecule has 6 nitrogen and oxygen atoms in total. The third-order valence-electron chi connectivity index (χ3n) is 2.91. The van der Waals surface area contributed by atoms with Gasteiger partial charge >= 0.3 is 0 Å².